The number of hydrogen-bond acceptors (Lipinski definition) is 1. The normalized spacial score (nSPS) is 9.86. The highest BCUT2D eigenvalue weighted by atomic mass is 79.9. The van der Waals surface area contributed by atoms with E-state index in [0.29, 0.717) is 28.7 Å². The summed E-state index contributed by atoms with van der Waals surface area (Å²) in [5, 5.41) is 3.56. The number of carbonyl (C=O) groups is 1. The van der Waals surface area contributed by atoms with Crippen molar-refractivity contribution in [3.63, 3.8) is 0 Å². The van der Waals surface area contributed by atoms with Crippen LogP contribution >= 0.6 is 23.2 Å². The zero-order chi connectivity index (χ0) is 14.5. The van der Waals surface area contributed by atoms with Crippen molar-refractivity contribution in [3.8, 4) is 0 Å². The summed E-state index contributed by atoms with van der Waals surface area (Å²) in [6, 6.07) is 9.17. The minimum atomic E-state index is -0.0951. The molecule has 0 saturated heterocycles. The SMILES string of the molecule is Cc1cc[n+](CCC(=O)Nc2cccc(Cl)c2Cl)cc1.[Br-]. The van der Waals surface area contributed by atoms with Crippen LogP contribution in [0.4, 0.5) is 5.69 Å². The van der Waals surface area contributed by atoms with Gasteiger partial charge in [-0.2, -0.15) is 0 Å². The number of halogens is 3. The van der Waals surface area contributed by atoms with Gasteiger partial charge in [0.1, 0.15) is 0 Å². The zero-order valence-electron chi connectivity index (χ0n) is 11.4. The fourth-order valence-electron chi connectivity index (χ4n) is 1.72. The van der Waals surface area contributed by atoms with E-state index in [9.17, 15) is 4.79 Å². The highest BCUT2D eigenvalue weighted by molar-refractivity contribution is 6.43. The van der Waals surface area contributed by atoms with E-state index in [1.165, 1.54) is 5.56 Å². The van der Waals surface area contributed by atoms with Gasteiger partial charge in [0.25, 0.3) is 0 Å². The summed E-state index contributed by atoms with van der Waals surface area (Å²) < 4.78 is 1.96. The Hall–Kier alpha value is -1.10. The third-order valence-corrected chi connectivity index (χ3v) is 3.70. The highest BCUT2D eigenvalue weighted by Gasteiger charge is 2.10. The summed E-state index contributed by atoms with van der Waals surface area (Å²) in [5.41, 5.74) is 1.73. The molecule has 0 fully saturated rings. The highest BCUT2D eigenvalue weighted by Crippen LogP contribution is 2.29. The first kappa shape index (κ1) is 18.0. The molecule has 0 bridgehead atoms. The lowest BCUT2D eigenvalue weighted by Crippen LogP contribution is -3.00. The van der Waals surface area contributed by atoms with Gasteiger partial charge in [-0.1, -0.05) is 29.3 Å². The van der Waals surface area contributed by atoms with E-state index in [1.54, 1.807) is 18.2 Å². The van der Waals surface area contributed by atoms with E-state index >= 15 is 0 Å². The molecule has 2 rings (SSSR count). The molecule has 2 aromatic rings. The molecular formula is C15H15BrCl2N2O. The van der Waals surface area contributed by atoms with Gasteiger partial charge in [0.05, 0.1) is 22.2 Å². The lowest BCUT2D eigenvalue weighted by Gasteiger charge is -2.07. The van der Waals surface area contributed by atoms with Crippen LogP contribution < -0.4 is 26.9 Å². The Bertz CT molecular complexity index is 618. The summed E-state index contributed by atoms with van der Waals surface area (Å²) in [7, 11) is 0. The fourth-order valence-corrected chi connectivity index (χ4v) is 2.07. The maximum atomic E-state index is 11.9. The molecule has 3 nitrogen and oxygen atoms in total. The summed E-state index contributed by atoms with van der Waals surface area (Å²) in [6.07, 6.45) is 4.28. The van der Waals surface area contributed by atoms with Crippen LogP contribution in [0.1, 0.15) is 12.0 Å². The molecule has 1 N–H and O–H groups in total. The number of anilines is 1. The van der Waals surface area contributed by atoms with Gasteiger partial charge < -0.3 is 22.3 Å². The zero-order valence-corrected chi connectivity index (χ0v) is 14.5. The third-order valence-electron chi connectivity index (χ3n) is 2.88. The van der Waals surface area contributed by atoms with Crippen LogP contribution in [0.5, 0.6) is 0 Å². The van der Waals surface area contributed by atoms with Gasteiger partial charge in [-0.15, -0.1) is 0 Å². The Morgan fingerprint density at radius 1 is 1.19 bits per heavy atom. The minimum Gasteiger partial charge on any atom is -1.00 e. The molecule has 0 atom stereocenters. The maximum Gasteiger partial charge on any atom is 0.230 e. The van der Waals surface area contributed by atoms with E-state index in [2.05, 4.69) is 5.32 Å². The minimum absolute atomic E-state index is 0. The summed E-state index contributed by atoms with van der Waals surface area (Å²) >= 11 is 11.9. The van der Waals surface area contributed by atoms with Gasteiger partial charge in [-0.3, -0.25) is 4.79 Å². The van der Waals surface area contributed by atoms with Crippen molar-refractivity contribution in [2.24, 2.45) is 0 Å². The van der Waals surface area contributed by atoms with Crippen LogP contribution in [0.2, 0.25) is 10.0 Å². The predicted molar refractivity (Wildman–Crippen MR) is 81.1 cm³/mol. The second-order valence-electron chi connectivity index (χ2n) is 4.51. The number of carbonyl (C=O) groups excluding carboxylic acids is 1. The van der Waals surface area contributed by atoms with Crippen LogP contribution in [0.3, 0.4) is 0 Å². The summed E-state index contributed by atoms with van der Waals surface area (Å²) in [6.45, 7) is 2.64. The third kappa shape index (κ3) is 5.30. The van der Waals surface area contributed by atoms with Gasteiger partial charge in [-0.05, 0) is 24.6 Å². The first-order valence-corrected chi connectivity index (χ1v) is 7.01. The number of nitrogens with zero attached hydrogens (tertiary/aromatic N) is 1. The van der Waals surface area contributed by atoms with E-state index in [0.717, 1.165) is 0 Å². The van der Waals surface area contributed by atoms with Crippen LogP contribution in [0.25, 0.3) is 0 Å². The molecule has 0 unspecified atom stereocenters. The van der Waals surface area contributed by atoms with Crippen molar-refractivity contribution in [1.82, 2.24) is 0 Å². The number of aromatic nitrogens is 1. The molecule has 0 saturated carbocycles. The molecule has 21 heavy (non-hydrogen) atoms. The van der Waals surface area contributed by atoms with Gasteiger partial charge in [0, 0.05) is 12.1 Å². The van der Waals surface area contributed by atoms with Crippen molar-refractivity contribution in [3.05, 3.63) is 58.3 Å². The quantitative estimate of drug-likeness (QED) is 0.764. The smallest absolute Gasteiger partial charge is 0.230 e. The standard InChI is InChI=1S/C15H14Cl2N2O.BrH/c1-11-5-8-19(9-6-11)10-7-14(20)18-13-4-2-3-12(16)15(13)17;/h2-6,8-9H,7,10H2,1H3;1H. The number of amides is 1. The van der Waals surface area contributed by atoms with Crippen molar-refractivity contribution < 1.29 is 26.3 Å². The summed E-state index contributed by atoms with van der Waals surface area (Å²) in [5.74, 6) is -0.0951. The van der Waals surface area contributed by atoms with Crippen LogP contribution in [0, 0.1) is 6.92 Å². The van der Waals surface area contributed by atoms with Gasteiger partial charge in [-0.25, -0.2) is 4.57 Å². The average molecular weight is 390 g/mol. The van der Waals surface area contributed by atoms with Crippen LogP contribution in [-0.4, -0.2) is 5.91 Å². The maximum absolute atomic E-state index is 11.9. The molecule has 1 heterocycles. The Labute approximate surface area is 144 Å². The molecule has 6 heteroatoms. The van der Waals surface area contributed by atoms with Gasteiger partial charge in [0.15, 0.2) is 18.9 Å². The van der Waals surface area contributed by atoms with Gasteiger partial charge in [0.2, 0.25) is 5.91 Å². The van der Waals surface area contributed by atoms with E-state index in [-0.39, 0.29) is 22.9 Å². The largest absolute Gasteiger partial charge is 1.00 e. The predicted octanol–water partition coefficient (Wildman–Crippen LogP) is 0.622. The van der Waals surface area contributed by atoms with E-state index in [4.69, 9.17) is 23.2 Å². The van der Waals surface area contributed by atoms with Gasteiger partial charge >= 0.3 is 0 Å². The average Bonchev–Trinajstić information content (AvgIpc) is 2.43. The topological polar surface area (TPSA) is 33.0 Å². The second kappa shape index (κ2) is 8.37. The molecule has 112 valence electrons. The van der Waals surface area contributed by atoms with Crippen molar-refractivity contribution >= 4 is 34.8 Å². The number of nitrogens with one attached hydrogen (secondary N) is 1. The number of aryl methyl sites for hydroxylation is 2. The van der Waals surface area contributed by atoms with Crippen LogP contribution in [-0.2, 0) is 11.3 Å². The monoisotopic (exact) mass is 388 g/mol. The van der Waals surface area contributed by atoms with Crippen LogP contribution in [0.15, 0.2) is 42.7 Å². The Morgan fingerprint density at radius 2 is 1.86 bits per heavy atom. The Balaban J connectivity index is 0.00000220. The van der Waals surface area contributed by atoms with Crippen molar-refractivity contribution in [2.75, 3.05) is 5.32 Å². The Morgan fingerprint density at radius 3 is 2.52 bits per heavy atom. The number of rotatable bonds is 4. The molecule has 0 aliphatic heterocycles. The second-order valence-corrected chi connectivity index (χ2v) is 5.30. The molecule has 0 aliphatic rings. The summed E-state index contributed by atoms with van der Waals surface area (Å²) in [4.78, 5) is 11.9. The molecule has 1 aromatic carbocycles. The number of pyridine rings is 1. The van der Waals surface area contributed by atoms with Crippen molar-refractivity contribution in [1.29, 1.82) is 0 Å². The lowest BCUT2D eigenvalue weighted by atomic mass is 10.3. The molecular weight excluding hydrogens is 375 g/mol. The molecule has 1 aromatic heterocycles. The first-order chi connectivity index (χ1) is 9.56. The first-order valence-electron chi connectivity index (χ1n) is 6.26. The molecule has 0 spiro atoms. The van der Waals surface area contributed by atoms with E-state index < -0.39 is 0 Å². The molecule has 0 radical (unpaired) electrons. The lowest BCUT2D eigenvalue weighted by molar-refractivity contribution is -0.695. The number of hydrogen-bond donors (Lipinski definition) is 1. The van der Waals surface area contributed by atoms with Crippen molar-refractivity contribution in [2.45, 2.75) is 19.9 Å². The molecule has 0 aliphatic carbocycles. The molecule has 1 amide bonds. The Kier molecular flexibility index (Phi) is 7.15. The number of benzene rings is 1. The van der Waals surface area contributed by atoms with E-state index in [1.807, 2.05) is 36.0 Å². The fraction of sp³-hybridized carbons (Fsp3) is 0.200.